The zero-order valence-corrected chi connectivity index (χ0v) is 52.5. The van der Waals surface area contributed by atoms with Crippen LogP contribution in [0, 0.1) is 0 Å². The summed E-state index contributed by atoms with van der Waals surface area (Å²) in [4.78, 5) is 38.3. The van der Waals surface area contributed by atoms with Crippen LogP contribution in [0.15, 0.2) is 146 Å². The zero-order chi connectivity index (χ0) is 58.5. The number of hydrogen-bond acceptors (Lipinski definition) is 6. The van der Waals surface area contributed by atoms with E-state index in [1.807, 2.05) is 0 Å². The van der Waals surface area contributed by atoms with Gasteiger partial charge >= 0.3 is 17.9 Å². The van der Waals surface area contributed by atoms with E-state index in [4.69, 9.17) is 14.2 Å². The first-order valence-corrected chi connectivity index (χ1v) is 33.3. The predicted octanol–water partition coefficient (Wildman–Crippen LogP) is 23.1. The van der Waals surface area contributed by atoms with Crippen molar-refractivity contribution in [1.82, 2.24) is 0 Å². The van der Waals surface area contributed by atoms with Crippen molar-refractivity contribution in [2.24, 2.45) is 0 Å². The van der Waals surface area contributed by atoms with Gasteiger partial charge in [0.15, 0.2) is 6.10 Å². The molecule has 0 saturated carbocycles. The molecule has 0 fully saturated rings. The average molecular weight is 1120 g/mol. The predicted molar refractivity (Wildman–Crippen MR) is 352 cm³/mol. The monoisotopic (exact) mass is 1120 g/mol. The zero-order valence-electron chi connectivity index (χ0n) is 52.5. The van der Waals surface area contributed by atoms with Crippen molar-refractivity contribution in [3.8, 4) is 0 Å². The number of hydrogen-bond donors (Lipinski definition) is 0. The topological polar surface area (TPSA) is 78.9 Å². The van der Waals surface area contributed by atoms with Crippen molar-refractivity contribution in [3.05, 3.63) is 146 Å². The van der Waals surface area contributed by atoms with Crippen molar-refractivity contribution in [3.63, 3.8) is 0 Å². The molecule has 1 unspecified atom stereocenters. The third kappa shape index (κ3) is 66.0. The Morgan fingerprint density at radius 3 is 0.778 bits per heavy atom. The molecule has 1 atom stereocenters. The highest BCUT2D eigenvalue weighted by Gasteiger charge is 2.19. The lowest BCUT2D eigenvalue weighted by molar-refractivity contribution is -0.167. The summed E-state index contributed by atoms with van der Waals surface area (Å²) in [6.45, 7) is 6.38. The molecule has 81 heavy (non-hydrogen) atoms. The van der Waals surface area contributed by atoms with Crippen LogP contribution in [-0.4, -0.2) is 37.2 Å². The van der Waals surface area contributed by atoms with Crippen LogP contribution in [0.2, 0.25) is 0 Å². The van der Waals surface area contributed by atoms with Gasteiger partial charge in [-0.05, 0) is 141 Å². The second kappa shape index (κ2) is 67.8. The SMILES string of the molecule is CC/C=C\C/C=C\C/C=C\C/C=C\C/C=C\C/C=C\C/C=C\C/C=C\CCCCCCCCCCC(=O)OCC(COC(=O)CCCCC/C=C\C/C=C\C/C=C\CC)OC(=O)CCCCCCCCC/C=C\CCCCCCCC. The lowest BCUT2D eigenvalue weighted by Gasteiger charge is -2.18. The van der Waals surface area contributed by atoms with Gasteiger partial charge in [-0.1, -0.05) is 276 Å². The van der Waals surface area contributed by atoms with Gasteiger partial charge in [-0.3, -0.25) is 14.4 Å². The maximum absolute atomic E-state index is 12.9. The Bertz CT molecular complexity index is 1760. The second-order valence-corrected chi connectivity index (χ2v) is 21.6. The summed E-state index contributed by atoms with van der Waals surface area (Å²) < 4.78 is 16.9. The third-order valence-corrected chi connectivity index (χ3v) is 13.8. The van der Waals surface area contributed by atoms with Crippen molar-refractivity contribution >= 4 is 17.9 Å². The van der Waals surface area contributed by atoms with Gasteiger partial charge in [0.25, 0.3) is 0 Å². The molecule has 0 aliphatic rings. The summed E-state index contributed by atoms with van der Waals surface area (Å²) in [5.74, 6) is -0.938. The van der Waals surface area contributed by atoms with Gasteiger partial charge in [-0.2, -0.15) is 0 Å². The molecule has 0 aromatic carbocycles. The van der Waals surface area contributed by atoms with Gasteiger partial charge in [0, 0.05) is 19.3 Å². The molecule has 0 bridgehead atoms. The van der Waals surface area contributed by atoms with Gasteiger partial charge in [-0.15, -0.1) is 0 Å². The van der Waals surface area contributed by atoms with Crippen LogP contribution < -0.4 is 0 Å². The fraction of sp³-hybridized carbons (Fsp3) is 0.640. The molecule has 0 aliphatic heterocycles. The highest BCUT2D eigenvalue weighted by molar-refractivity contribution is 5.71. The summed E-state index contributed by atoms with van der Waals surface area (Å²) >= 11 is 0. The molecule has 0 radical (unpaired) electrons. The number of rotatable bonds is 59. The number of carbonyl (C=O) groups excluding carboxylic acids is 3. The molecule has 0 amide bonds. The van der Waals surface area contributed by atoms with Crippen molar-refractivity contribution < 1.29 is 28.6 Å². The second-order valence-electron chi connectivity index (χ2n) is 21.6. The number of ether oxygens (including phenoxy) is 3. The van der Waals surface area contributed by atoms with E-state index in [1.165, 1.54) is 109 Å². The fourth-order valence-corrected chi connectivity index (χ4v) is 8.88. The third-order valence-electron chi connectivity index (χ3n) is 13.8. The first-order valence-electron chi connectivity index (χ1n) is 33.3. The first kappa shape index (κ1) is 76.3. The average Bonchev–Trinajstić information content (AvgIpc) is 3.46. The summed E-state index contributed by atoms with van der Waals surface area (Å²) in [6.07, 6.45) is 97.2. The minimum absolute atomic E-state index is 0.0972. The van der Waals surface area contributed by atoms with Crippen LogP contribution in [0.4, 0.5) is 0 Å². The quantitative estimate of drug-likeness (QED) is 0.0261. The van der Waals surface area contributed by atoms with E-state index in [-0.39, 0.29) is 31.1 Å². The van der Waals surface area contributed by atoms with E-state index in [0.717, 1.165) is 141 Å². The van der Waals surface area contributed by atoms with Crippen LogP contribution in [0.1, 0.15) is 290 Å². The maximum Gasteiger partial charge on any atom is 0.306 e. The van der Waals surface area contributed by atoms with Crippen LogP contribution in [0.5, 0.6) is 0 Å². The van der Waals surface area contributed by atoms with Crippen LogP contribution in [0.3, 0.4) is 0 Å². The molecule has 6 nitrogen and oxygen atoms in total. The standard InChI is InChI=1S/C75H122O6/c1-4-7-10-13-16-19-22-25-27-29-30-31-32-33-34-35-36-37-38-39-40-41-42-43-44-46-47-50-53-56-59-62-65-68-74(77)80-71-72(70-79-73(76)67-64-61-58-55-52-49-24-21-18-15-12-9-6-3)81-75(78)69-66-63-60-57-54-51-48-45-28-26-23-20-17-14-11-8-5-2/h7,9-10,12,16,18-19,21,25-28,30-31,33-34,36-37,39-40,42-43,49,52,72H,4-6,8,11,13-15,17,20,22-24,29,32,35,38,41,44-48,50-51,53-71H2,1-3H3/b10-7-,12-9-,19-16-,21-18-,27-25-,28-26-,31-30-,34-33-,37-36-,40-39-,43-42-,52-49-. The van der Waals surface area contributed by atoms with Gasteiger partial charge in [0.05, 0.1) is 0 Å². The Morgan fingerprint density at radius 2 is 0.481 bits per heavy atom. The van der Waals surface area contributed by atoms with Gasteiger partial charge < -0.3 is 14.2 Å². The van der Waals surface area contributed by atoms with Crippen LogP contribution in [0.25, 0.3) is 0 Å². The minimum Gasteiger partial charge on any atom is -0.462 e. The summed E-state index contributed by atoms with van der Waals surface area (Å²) in [5.41, 5.74) is 0. The van der Waals surface area contributed by atoms with E-state index in [2.05, 4.69) is 167 Å². The molecular weight excluding hydrogens is 997 g/mol. The van der Waals surface area contributed by atoms with Crippen molar-refractivity contribution in [2.45, 2.75) is 297 Å². The maximum atomic E-state index is 12.9. The lowest BCUT2D eigenvalue weighted by Crippen LogP contribution is -2.30. The Labute approximate surface area is 499 Å². The number of carbonyl (C=O) groups is 3. The smallest absolute Gasteiger partial charge is 0.306 e. The molecule has 0 rings (SSSR count). The largest absolute Gasteiger partial charge is 0.462 e. The van der Waals surface area contributed by atoms with Crippen LogP contribution in [-0.2, 0) is 28.6 Å². The Hall–Kier alpha value is -4.71. The first-order chi connectivity index (χ1) is 40.0. The van der Waals surface area contributed by atoms with Gasteiger partial charge in [0.2, 0.25) is 0 Å². The lowest BCUT2D eigenvalue weighted by atomic mass is 10.1. The molecule has 0 saturated heterocycles. The fourth-order valence-electron chi connectivity index (χ4n) is 8.88. The van der Waals surface area contributed by atoms with E-state index in [1.54, 1.807) is 0 Å². The molecular formula is C75H122O6. The van der Waals surface area contributed by atoms with E-state index in [9.17, 15) is 14.4 Å². The molecule has 6 heteroatoms. The molecule has 0 aliphatic carbocycles. The number of allylic oxidation sites excluding steroid dienone is 24. The number of esters is 3. The van der Waals surface area contributed by atoms with E-state index in [0.29, 0.717) is 19.3 Å². The minimum atomic E-state index is -0.802. The summed E-state index contributed by atoms with van der Waals surface area (Å²) in [6, 6.07) is 0. The normalized spacial score (nSPS) is 13.1. The highest BCUT2D eigenvalue weighted by Crippen LogP contribution is 2.15. The van der Waals surface area contributed by atoms with Gasteiger partial charge in [0.1, 0.15) is 13.2 Å². The van der Waals surface area contributed by atoms with E-state index >= 15 is 0 Å². The molecule has 0 N–H and O–H groups in total. The molecule has 458 valence electrons. The van der Waals surface area contributed by atoms with Crippen molar-refractivity contribution in [1.29, 1.82) is 0 Å². The van der Waals surface area contributed by atoms with Crippen LogP contribution >= 0.6 is 0 Å². The Balaban J connectivity index is 4.31. The van der Waals surface area contributed by atoms with Gasteiger partial charge in [-0.25, -0.2) is 0 Å². The molecule has 0 spiro atoms. The summed E-state index contributed by atoms with van der Waals surface area (Å²) in [5, 5.41) is 0. The molecule has 0 aromatic rings. The van der Waals surface area contributed by atoms with E-state index < -0.39 is 6.10 Å². The Morgan fingerprint density at radius 1 is 0.259 bits per heavy atom. The molecule has 0 aromatic heterocycles. The summed E-state index contributed by atoms with van der Waals surface area (Å²) in [7, 11) is 0. The number of unbranched alkanes of at least 4 members (excludes halogenated alkanes) is 24. The molecule has 0 heterocycles. The highest BCUT2D eigenvalue weighted by atomic mass is 16.6. The van der Waals surface area contributed by atoms with Crippen molar-refractivity contribution in [2.75, 3.05) is 13.2 Å². The Kier molecular flexibility index (Phi) is 63.9.